The van der Waals surface area contributed by atoms with E-state index in [9.17, 15) is 9.18 Å². The average molecular weight is 424 g/mol. The molecule has 0 atom stereocenters. The Hall–Kier alpha value is -2.18. The molecular weight excluding hydrogens is 411 g/mol. The number of hydrogen-bond donors (Lipinski definition) is 0. The number of halogens is 3. The van der Waals surface area contributed by atoms with Crippen molar-refractivity contribution in [2.45, 2.75) is 6.92 Å². The van der Waals surface area contributed by atoms with Crippen LogP contribution in [0.5, 0.6) is 0 Å². The summed E-state index contributed by atoms with van der Waals surface area (Å²) < 4.78 is 20.5. The minimum atomic E-state index is -0.522. The number of rotatable bonds is 4. The highest BCUT2D eigenvalue weighted by molar-refractivity contribution is 9.10. The van der Waals surface area contributed by atoms with Crippen molar-refractivity contribution >= 4 is 33.5 Å². The van der Waals surface area contributed by atoms with Crippen LogP contribution in [-0.2, 0) is 4.74 Å². The van der Waals surface area contributed by atoms with Crippen LogP contribution in [0, 0.1) is 5.82 Å². The zero-order valence-corrected chi connectivity index (χ0v) is 15.5. The van der Waals surface area contributed by atoms with E-state index in [1.54, 1.807) is 48.0 Å². The van der Waals surface area contributed by atoms with Crippen LogP contribution in [0.15, 0.2) is 53.0 Å². The second kappa shape index (κ2) is 7.37. The van der Waals surface area contributed by atoms with Crippen molar-refractivity contribution in [3.05, 3.63) is 69.5 Å². The lowest BCUT2D eigenvalue weighted by molar-refractivity contribution is 0.0519. The average Bonchev–Trinajstić information content (AvgIpc) is 3.03. The van der Waals surface area contributed by atoms with E-state index in [4.69, 9.17) is 16.3 Å². The number of carbonyl (C=O) groups is 1. The van der Waals surface area contributed by atoms with Crippen molar-refractivity contribution in [1.29, 1.82) is 0 Å². The topological polar surface area (TPSA) is 44.1 Å². The third-order valence-electron chi connectivity index (χ3n) is 3.46. The van der Waals surface area contributed by atoms with Crippen LogP contribution >= 0.6 is 27.5 Å². The van der Waals surface area contributed by atoms with Crippen LogP contribution in [0.3, 0.4) is 0 Å². The smallest absolute Gasteiger partial charge is 0.358 e. The fraction of sp³-hybridized carbons (Fsp3) is 0.111. The third-order valence-corrected chi connectivity index (χ3v) is 4.30. The summed E-state index contributed by atoms with van der Waals surface area (Å²) in [6.07, 6.45) is 0. The van der Waals surface area contributed by atoms with E-state index in [2.05, 4.69) is 21.0 Å². The Balaban J connectivity index is 2.17. The van der Waals surface area contributed by atoms with Crippen molar-refractivity contribution < 1.29 is 13.9 Å². The number of hydrogen-bond acceptors (Lipinski definition) is 3. The van der Waals surface area contributed by atoms with E-state index in [1.165, 1.54) is 6.07 Å². The molecule has 0 N–H and O–H groups in total. The van der Waals surface area contributed by atoms with Crippen molar-refractivity contribution in [3.63, 3.8) is 0 Å². The zero-order valence-electron chi connectivity index (χ0n) is 13.2. The number of esters is 1. The van der Waals surface area contributed by atoms with Gasteiger partial charge in [0.15, 0.2) is 5.69 Å². The Morgan fingerprint density at radius 2 is 2.08 bits per heavy atom. The molecule has 0 spiro atoms. The molecule has 25 heavy (non-hydrogen) atoms. The van der Waals surface area contributed by atoms with Gasteiger partial charge in [-0.15, -0.1) is 0 Å². The van der Waals surface area contributed by atoms with Crippen LogP contribution in [0.2, 0.25) is 5.02 Å². The van der Waals surface area contributed by atoms with Gasteiger partial charge in [-0.05, 0) is 65.3 Å². The first-order valence-corrected chi connectivity index (χ1v) is 8.65. The van der Waals surface area contributed by atoms with Gasteiger partial charge in [-0.1, -0.05) is 17.7 Å². The Labute approximate surface area is 157 Å². The maximum atomic E-state index is 13.6. The van der Waals surface area contributed by atoms with Gasteiger partial charge in [0.2, 0.25) is 0 Å². The lowest BCUT2D eigenvalue weighted by Crippen LogP contribution is -2.06. The van der Waals surface area contributed by atoms with Crippen LogP contribution < -0.4 is 0 Å². The molecule has 3 rings (SSSR count). The Kier molecular flexibility index (Phi) is 5.20. The Bertz CT molecular complexity index is 943. The number of aromatic nitrogens is 2. The predicted octanol–water partition coefficient (Wildman–Crippen LogP) is 5.27. The second-order valence-corrected chi connectivity index (χ2v) is 6.45. The SMILES string of the molecule is CCOC(=O)c1cc(-c2ccc(F)c(Br)c2)n(-c2cccc(Cl)c2)n1. The lowest BCUT2D eigenvalue weighted by Gasteiger charge is -2.08. The highest BCUT2D eigenvalue weighted by atomic mass is 79.9. The number of nitrogens with zero attached hydrogens (tertiary/aromatic N) is 2. The molecule has 1 aromatic heterocycles. The molecule has 0 saturated carbocycles. The summed E-state index contributed by atoms with van der Waals surface area (Å²) >= 11 is 9.25. The summed E-state index contributed by atoms with van der Waals surface area (Å²) in [5.74, 6) is -0.895. The molecular formula is C18H13BrClFN2O2. The molecule has 3 aromatic rings. The van der Waals surface area contributed by atoms with Gasteiger partial charge in [0, 0.05) is 10.6 Å². The predicted molar refractivity (Wildman–Crippen MR) is 97.6 cm³/mol. The molecule has 0 bridgehead atoms. The molecule has 0 fully saturated rings. The molecule has 0 aliphatic rings. The molecule has 4 nitrogen and oxygen atoms in total. The maximum Gasteiger partial charge on any atom is 0.358 e. The summed E-state index contributed by atoms with van der Waals surface area (Å²) in [7, 11) is 0. The fourth-order valence-corrected chi connectivity index (χ4v) is 2.91. The van der Waals surface area contributed by atoms with E-state index in [-0.39, 0.29) is 18.1 Å². The van der Waals surface area contributed by atoms with Crippen LogP contribution in [0.1, 0.15) is 17.4 Å². The largest absolute Gasteiger partial charge is 0.461 e. The third kappa shape index (κ3) is 3.75. The van der Waals surface area contributed by atoms with Crippen LogP contribution in [0.25, 0.3) is 16.9 Å². The Morgan fingerprint density at radius 3 is 2.76 bits per heavy atom. The highest BCUT2D eigenvalue weighted by Gasteiger charge is 2.18. The lowest BCUT2D eigenvalue weighted by atomic mass is 10.1. The molecule has 7 heteroatoms. The van der Waals surface area contributed by atoms with E-state index in [0.29, 0.717) is 26.4 Å². The van der Waals surface area contributed by atoms with E-state index in [1.807, 2.05) is 6.07 Å². The van der Waals surface area contributed by atoms with Gasteiger partial charge < -0.3 is 4.74 Å². The molecule has 0 aliphatic carbocycles. The summed E-state index contributed by atoms with van der Waals surface area (Å²) in [4.78, 5) is 12.1. The molecule has 0 saturated heterocycles. The van der Waals surface area contributed by atoms with Crippen molar-refractivity contribution in [2.75, 3.05) is 6.61 Å². The summed E-state index contributed by atoms with van der Waals surface area (Å²) in [6, 6.07) is 13.3. The van der Waals surface area contributed by atoms with E-state index in [0.717, 1.165) is 0 Å². The summed E-state index contributed by atoms with van der Waals surface area (Å²) in [5, 5.41) is 4.88. The molecule has 0 amide bonds. The van der Waals surface area contributed by atoms with Crippen molar-refractivity contribution in [3.8, 4) is 16.9 Å². The molecule has 128 valence electrons. The molecule has 1 heterocycles. The number of benzene rings is 2. The monoisotopic (exact) mass is 422 g/mol. The van der Waals surface area contributed by atoms with Gasteiger partial charge in [-0.25, -0.2) is 13.9 Å². The molecule has 0 aliphatic heterocycles. The van der Waals surface area contributed by atoms with Crippen molar-refractivity contribution in [2.24, 2.45) is 0 Å². The van der Waals surface area contributed by atoms with Crippen molar-refractivity contribution in [1.82, 2.24) is 9.78 Å². The summed E-state index contributed by atoms with van der Waals surface area (Å²) in [6.45, 7) is 1.98. The van der Waals surface area contributed by atoms with Gasteiger partial charge in [0.1, 0.15) is 5.82 Å². The van der Waals surface area contributed by atoms with Gasteiger partial charge in [0.05, 0.1) is 22.5 Å². The highest BCUT2D eigenvalue weighted by Crippen LogP contribution is 2.29. The first-order chi connectivity index (χ1) is 12.0. The summed E-state index contributed by atoms with van der Waals surface area (Å²) in [5.41, 5.74) is 2.15. The van der Waals surface area contributed by atoms with Gasteiger partial charge in [-0.3, -0.25) is 0 Å². The Morgan fingerprint density at radius 1 is 1.28 bits per heavy atom. The van der Waals surface area contributed by atoms with Gasteiger partial charge in [0.25, 0.3) is 0 Å². The quantitative estimate of drug-likeness (QED) is 0.537. The first kappa shape index (κ1) is 17.6. The van der Waals surface area contributed by atoms with Gasteiger partial charge in [-0.2, -0.15) is 5.10 Å². The normalized spacial score (nSPS) is 10.7. The number of carbonyl (C=O) groups excluding carboxylic acids is 1. The minimum absolute atomic E-state index is 0.164. The standard InChI is InChI=1S/C18H13BrClFN2O2/c1-2-25-18(24)16-10-17(11-6-7-15(21)14(19)8-11)23(22-16)13-5-3-4-12(20)9-13/h3-10H,2H2,1H3. The molecule has 0 unspecified atom stereocenters. The fourth-order valence-electron chi connectivity index (χ4n) is 2.35. The van der Waals surface area contributed by atoms with Gasteiger partial charge >= 0.3 is 5.97 Å². The minimum Gasteiger partial charge on any atom is -0.461 e. The maximum absolute atomic E-state index is 13.6. The molecule has 0 radical (unpaired) electrons. The van der Waals surface area contributed by atoms with Crippen LogP contribution in [-0.4, -0.2) is 22.4 Å². The second-order valence-electron chi connectivity index (χ2n) is 5.16. The van der Waals surface area contributed by atoms with E-state index >= 15 is 0 Å². The molecule has 2 aromatic carbocycles. The first-order valence-electron chi connectivity index (χ1n) is 7.48. The van der Waals surface area contributed by atoms with E-state index < -0.39 is 5.97 Å². The van der Waals surface area contributed by atoms with Crippen LogP contribution in [0.4, 0.5) is 4.39 Å². The zero-order chi connectivity index (χ0) is 18.0. The number of ether oxygens (including phenoxy) is 1.